The van der Waals surface area contributed by atoms with Crippen molar-refractivity contribution in [1.29, 1.82) is 0 Å². The smallest absolute Gasteiger partial charge is 0.266 e. The number of carbonyl (C=O) groups excluding carboxylic acids is 5. The Labute approximate surface area is 336 Å². The third kappa shape index (κ3) is 8.57. The van der Waals surface area contributed by atoms with Crippen molar-refractivity contribution >= 4 is 58.6 Å². The van der Waals surface area contributed by atoms with Crippen molar-refractivity contribution in [2.75, 3.05) is 45.3 Å². The summed E-state index contributed by atoms with van der Waals surface area (Å²) in [6.07, 6.45) is 7.25. The average Bonchev–Trinajstić information content (AvgIpc) is 3.80. The summed E-state index contributed by atoms with van der Waals surface area (Å²) < 4.78 is 33.1. The first kappa shape index (κ1) is 39.6. The van der Waals surface area contributed by atoms with Gasteiger partial charge >= 0.3 is 0 Å². The predicted molar refractivity (Wildman–Crippen MR) is 204 cm³/mol. The van der Waals surface area contributed by atoms with Gasteiger partial charge in [0.15, 0.2) is 11.6 Å². The maximum Gasteiger partial charge on any atom is 0.266 e. The van der Waals surface area contributed by atoms with E-state index >= 15 is 0 Å². The topological polar surface area (TPSA) is 188 Å². The van der Waals surface area contributed by atoms with Crippen LogP contribution in [-0.2, 0) is 25.5 Å². The van der Waals surface area contributed by atoms with E-state index in [1.807, 2.05) is 15.8 Å². The van der Waals surface area contributed by atoms with E-state index < -0.39 is 35.5 Å². The van der Waals surface area contributed by atoms with Gasteiger partial charge in [-0.1, -0.05) is 29.3 Å². The molecule has 0 radical (unpaired) electrons. The molecule has 2 aromatic carbocycles. The van der Waals surface area contributed by atoms with E-state index in [1.54, 1.807) is 30.6 Å². The monoisotopic (exact) mass is 821 g/mol. The molecule has 3 aliphatic rings. The zero-order chi connectivity index (χ0) is 40.2. The van der Waals surface area contributed by atoms with E-state index in [1.165, 1.54) is 18.2 Å². The molecule has 5 heterocycles. The van der Waals surface area contributed by atoms with Crippen LogP contribution in [0.3, 0.4) is 0 Å². The third-order valence-corrected chi connectivity index (χ3v) is 10.9. The summed E-state index contributed by atoms with van der Waals surface area (Å²) in [6.45, 7) is 1.63. The van der Waals surface area contributed by atoms with Crippen molar-refractivity contribution in [2.24, 2.45) is 0 Å². The maximum absolute atomic E-state index is 13.9. The van der Waals surface area contributed by atoms with Gasteiger partial charge in [-0.15, -0.1) is 0 Å². The Kier molecular flexibility index (Phi) is 12.0. The van der Waals surface area contributed by atoms with Crippen LogP contribution in [0.15, 0.2) is 55.0 Å². The molecule has 0 unspecified atom stereocenters. The number of rotatable bonds is 14. The molecule has 4 aromatic rings. The Bertz CT molecular complexity index is 2230. The summed E-state index contributed by atoms with van der Waals surface area (Å²) in [7, 11) is 0. The molecule has 298 valence electrons. The van der Waals surface area contributed by atoms with Crippen LogP contribution in [0.4, 0.5) is 10.2 Å². The summed E-state index contributed by atoms with van der Waals surface area (Å²) in [4.78, 5) is 70.1. The predicted octanol–water partition coefficient (Wildman–Crippen LogP) is 4.65. The minimum absolute atomic E-state index is 0.0262. The van der Waals surface area contributed by atoms with Gasteiger partial charge in [-0.05, 0) is 55.2 Å². The Morgan fingerprint density at radius 2 is 1.72 bits per heavy atom. The normalized spacial score (nSPS) is 17.2. The zero-order valence-corrected chi connectivity index (χ0v) is 32.1. The molecule has 3 N–H and O–H groups in total. The number of ether oxygens (including phenoxy) is 3. The van der Waals surface area contributed by atoms with Gasteiger partial charge in [-0.2, -0.15) is 5.10 Å². The molecule has 5 amide bonds. The van der Waals surface area contributed by atoms with Crippen LogP contribution in [-0.4, -0.2) is 99.7 Å². The molecule has 3 aliphatic heterocycles. The molecule has 0 aliphatic carbocycles. The summed E-state index contributed by atoms with van der Waals surface area (Å²) in [5.74, 6) is -2.25. The Hall–Kier alpha value is -5.58. The number of amides is 5. The van der Waals surface area contributed by atoms with Crippen molar-refractivity contribution in [3.8, 4) is 22.6 Å². The summed E-state index contributed by atoms with van der Waals surface area (Å²) in [5, 5.41) is 7.06. The maximum atomic E-state index is 13.9. The Morgan fingerprint density at radius 3 is 2.51 bits per heavy atom. The average molecular weight is 823 g/mol. The number of fused-ring (bicyclic) bond motifs is 1. The second-order valence-corrected chi connectivity index (χ2v) is 14.5. The first-order valence-electron chi connectivity index (χ1n) is 18.4. The molecule has 0 bridgehead atoms. The second-order valence-electron chi connectivity index (χ2n) is 13.7. The second kappa shape index (κ2) is 17.3. The molecule has 7 rings (SSSR count). The summed E-state index contributed by atoms with van der Waals surface area (Å²) >= 11 is 12.3. The number of nitrogens with one attached hydrogen (secondary N) is 1. The molecular formula is C39H38Cl2FN7O8. The SMILES string of the molecule is Nc1ncc(-c2cnn(C3CCN(C(=O)CCOCCOc4cccc5c4C(=O)N([C@@H]4CCC(=O)NC4=O)C5=O)CC3)c2)cc1OCCc1c(Cl)ccc(F)c1Cl. The highest BCUT2D eigenvalue weighted by Gasteiger charge is 2.46. The van der Waals surface area contributed by atoms with Crippen LogP contribution in [0.1, 0.15) is 64.4 Å². The van der Waals surface area contributed by atoms with Gasteiger partial charge < -0.3 is 24.8 Å². The van der Waals surface area contributed by atoms with E-state index in [0.29, 0.717) is 42.3 Å². The third-order valence-electron chi connectivity index (χ3n) is 10.1. The van der Waals surface area contributed by atoms with Gasteiger partial charge in [-0.25, -0.2) is 9.37 Å². The van der Waals surface area contributed by atoms with E-state index in [9.17, 15) is 28.4 Å². The molecule has 0 spiro atoms. The number of likely N-dealkylation sites (tertiary alicyclic amines) is 1. The highest BCUT2D eigenvalue weighted by molar-refractivity contribution is 6.36. The Morgan fingerprint density at radius 1 is 0.930 bits per heavy atom. The number of halogens is 3. The van der Waals surface area contributed by atoms with Crippen molar-refractivity contribution in [3.63, 3.8) is 0 Å². The zero-order valence-electron chi connectivity index (χ0n) is 30.5. The number of anilines is 1. The molecule has 0 saturated carbocycles. The van der Waals surface area contributed by atoms with E-state index in [2.05, 4.69) is 15.4 Å². The van der Waals surface area contributed by atoms with Gasteiger partial charge in [0.2, 0.25) is 17.7 Å². The lowest BCUT2D eigenvalue weighted by Crippen LogP contribution is -2.54. The number of nitrogen functional groups attached to an aromatic ring is 1. The lowest BCUT2D eigenvalue weighted by Gasteiger charge is -2.32. The number of pyridine rings is 1. The van der Waals surface area contributed by atoms with Crippen molar-refractivity contribution < 1.29 is 42.6 Å². The van der Waals surface area contributed by atoms with Gasteiger partial charge in [0, 0.05) is 54.5 Å². The highest BCUT2D eigenvalue weighted by Crippen LogP contribution is 2.34. The van der Waals surface area contributed by atoms with Crippen LogP contribution in [0.25, 0.3) is 11.1 Å². The van der Waals surface area contributed by atoms with Gasteiger partial charge in [-0.3, -0.25) is 38.9 Å². The fourth-order valence-electron chi connectivity index (χ4n) is 7.09. The highest BCUT2D eigenvalue weighted by atomic mass is 35.5. The number of hydrogen-bond acceptors (Lipinski definition) is 11. The van der Waals surface area contributed by atoms with Crippen LogP contribution in [0.2, 0.25) is 10.0 Å². The fourth-order valence-corrected chi connectivity index (χ4v) is 7.65. The number of hydrogen-bond donors (Lipinski definition) is 2. The minimum Gasteiger partial charge on any atom is -0.490 e. The standard InChI is InChI=1S/C39H38Cl2FN7O8/c40-27-4-5-28(42)35(41)25(27)10-15-56-31-18-22(19-44-36(31)43)23-20-45-48(21-23)24-8-12-47(13-9-24)33(51)11-14-55-16-17-57-30-3-1-2-26-34(30)39(54)49(38(26)53)29-6-7-32(50)46-37(29)52/h1-5,18-21,24,29H,6-17H2,(H2,43,44)(H,46,50,52)/t29-/m1/s1. The van der Waals surface area contributed by atoms with Crippen LogP contribution < -0.4 is 20.5 Å². The van der Waals surface area contributed by atoms with Crippen LogP contribution >= 0.6 is 23.2 Å². The van der Waals surface area contributed by atoms with Crippen LogP contribution in [0, 0.1) is 5.82 Å². The quantitative estimate of drug-likeness (QED) is 0.102. The van der Waals surface area contributed by atoms with E-state index in [4.69, 9.17) is 43.1 Å². The molecule has 57 heavy (non-hydrogen) atoms. The van der Waals surface area contributed by atoms with E-state index in [-0.39, 0.29) is 91.8 Å². The molecule has 18 heteroatoms. The molecule has 2 aromatic heterocycles. The largest absolute Gasteiger partial charge is 0.490 e. The molecule has 2 saturated heterocycles. The number of piperidine rings is 2. The molecule has 2 fully saturated rings. The molecule has 1 atom stereocenters. The number of nitrogens with two attached hydrogens (primary N) is 1. The summed E-state index contributed by atoms with van der Waals surface area (Å²) in [5.41, 5.74) is 8.26. The van der Waals surface area contributed by atoms with Crippen molar-refractivity contribution in [2.45, 2.75) is 50.6 Å². The number of benzene rings is 2. The van der Waals surface area contributed by atoms with Gasteiger partial charge in [0.05, 0.1) is 54.6 Å². The van der Waals surface area contributed by atoms with Crippen LogP contribution in [0.5, 0.6) is 11.5 Å². The van der Waals surface area contributed by atoms with Crippen molar-refractivity contribution in [1.82, 2.24) is 29.9 Å². The number of carbonyl (C=O) groups is 5. The van der Waals surface area contributed by atoms with Crippen molar-refractivity contribution in [3.05, 3.63) is 87.5 Å². The van der Waals surface area contributed by atoms with Gasteiger partial charge in [0.1, 0.15) is 24.2 Å². The lowest BCUT2D eigenvalue weighted by molar-refractivity contribution is -0.136. The summed E-state index contributed by atoms with van der Waals surface area (Å²) in [6, 6.07) is 8.08. The molecular weight excluding hydrogens is 784 g/mol. The number of nitrogens with zero attached hydrogens (tertiary/aromatic N) is 5. The Balaban J connectivity index is 0.833. The number of aromatic nitrogens is 3. The first-order valence-corrected chi connectivity index (χ1v) is 19.1. The first-order chi connectivity index (χ1) is 27.5. The molecule has 15 nitrogen and oxygen atoms in total. The van der Waals surface area contributed by atoms with E-state index in [0.717, 1.165) is 16.0 Å². The van der Waals surface area contributed by atoms with Gasteiger partial charge in [0.25, 0.3) is 11.8 Å². The lowest BCUT2D eigenvalue weighted by atomic mass is 10.0. The fraction of sp³-hybridized carbons (Fsp3) is 0.359. The number of imide groups is 2. The minimum atomic E-state index is -1.07.